The summed E-state index contributed by atoms with van der Waals surface area (Å²) in [6, 6.07) is 6.34. The minimum Gasteiger partial charge on any atom is -0.330 e. The van der Waals surface area contributed by atoms with Gasteiger partial charge in [-0.25, -0.2) is 0 Å². The summed E-state index contributed by atoms with van der Waals surface area (Å²) in [4.78, 5) is 0. The molecule has 2 nitrogen and oxygen atoms in total. The van der Waals surface area contributed by atoms with E-state index in [0.29, 0.717) is 0 Å². The lowest BCUT2D eigenvalue weighted by atomic mass is 9.97. The topological polar surface area (TPSA) is 49.8 Å². The van der Waals surface area contributed by atoms with E-state index in [0.717, 1.165) is 36.9 Å². The molecule has 0 aliphatic carbocycles. The molecular weight excluding hydrogens is 184 g/mol. The SMILES string of the molecule is Cc1cc(C)c(CCCCN)cc1C#N. The number of nitrogens with zero attached hydrogens (tertiary/aromatic N) is 1. The number of hydrogen-bond acceptors (Lipinski definition) is 2. The predicted molar refractivity (Wildman–Crippen MR) is 62.6 cm³/mol. The smallest absolute Gasteiger partial charge is 0.0994 e. The van der Waals surface area contributed by atoms with Crippen LogP contribution in [0.25, 0.3) is 0 Å². The minimum absolute atomic E-state index is 0.746. The van der Waals surface area contributed by atoms with Crippen LogP contribution in [0.5, 0.6) is 0 Å². The fourth-order valence-electron chi connectivity index (χ4n) is 1.75. The Morgan fingerprint density at radius 3 is 2.53 bits per heavy atom. The highest BCUT2D eigenvalue weighted by Crippen LogP contribution is 2.17. The van der Waals surface area contributed by atoms with Crippen molar-refractivity contribution in [3.63, 3.8) is 0 Å². The van der Waals surface area contributed by atoms with Gasteiger partial charge in [0.05, 0.1) is 11.6 Å². The Kier molecular flexibility index (Phi) is 4.33. The number of nitriles is 1. The average molecular weight is 202 g/mol. The van der Waals surface area contributed by atoms with Crippen molar-refractivity contribution in [2.24, 2.45) is 5.73 Å². The highest BCUT2D eigenvalue weighted by Gasteiger charge is 2.03. The average Bonchev–Trinajstić information content (AvgIpc) is 2.21. The fraction of sp³-hybridized carbons (Fsp3) is 0.462. The molecule has 0 spiro atoms. The van der Waals surface area contributed by atoms with E-state index in [9.17, 15) is 0 Å². The Morgan fingerprint density at radius 1 is 1.20 bits per heavy atom. The van der Waals surface area contributed by atoms with Crippen LogP contribution in [0.2, 0.25) is 0 Å². The summed E-state index contributed by atoms with van der Waals surface area (Å²) in [7, 11) is 0. The van der Waals surface area contributed by atoms with Gasteiger partial charge in [-0.15, -0.1) is 0 Å². The van der Waals surface area contributed by atoms with Crippen LogP contribution >= 0.6 is 0 Å². The van der Waals surface area contributed by atoms with E-state index in [-0.39, 0.29) is 0 Å². The van der Waals surface area contributed by atoms with Gasteiger partial charge in [0.1, 0.15) is 0 Å². The first-order valence-corrected chi connectivity index (χ1v) is 5.39. The van der Waals surface area contributed by atoms with Crippen molar-refractivity contribution in [1.82, 2.24) is 0 Å². The summed E-state index contributed by atoms with van der Waals surface area (Å²) in [6.45, 7) is 4.83. The van der Waals surface area contributed by atoms with Gasteiger partial charge in [0.25, 0.3) is 0 Å². The predicted octanol–water partition coefficient (Wildman–Crippen LogP) is 2.46. The molecule has 0 aliphatic rings. The molecule has 0 saturated heterocycles. The molecule has 0 saturated carbocycles. The molecule has 0 radical (unpaired) electrons. The molecule has 0 atom stereocenters. The highest BCUT2D eigenvalue weighted by molar-refractivity contribution is 5.43. The van der Waals surface area contributed by atoms with Crippen LogP contribution in [0.1, 0.15) is 35.1 Å². The summed E-state index contributed by atoms with van der Waals surface area (Å²) in [5, 5.41) is 8.94. The third kappa shape index (κ3) is 3.07. The van der Waals surface area contributed by atoms with Crippen molar-refractivity contribution in [2.75, 3.05) is 6.54 Å². The van der Waals surface area contributed by atoms with Crippen molar-refractivity contribution in [2.45, 2.75) is 33.1 Å². The van der Waals surface area contributed by atoms with Gasteiger partial charge in [0.15, 0.2) is 0 Å². The quantitative estimate of drug-likeness (QED) is 0.762. The van der Waals surface area contributed by atoms with Crippen molar-refractivity contribution in [3.05, 3.63) is 34.4 Å². The highest BCUT2D eigenvalue weighted by atomic mass is 14.5. The van der Waals surface area contributed by atoms with Crippen LogP contribution in [0, 0.1) is 25.2 Å². The Balaban J connectivity index is 2.84. The van der Waals surface area contributed by atoms with Gasteiger partial charge in [0, 0.05) is 0 Å². The molecule has 0 amide bonds. The normalized spacial score (nSPS) is 10.0. The van der Waals surface area contributed by atoms with Crippen molar-refractivity contribution in [1.29, 1.82) is 5.26 Å². The minimum atomic E-state index is 0.746. The Labute approximate surface area is 91.7 Å². The number of hydrogen-bond donors (Lipinski definition) is 1. The van der Waals surface area contributed by atoms with E-state index in [4.69, 9.17) is 11.0 Å². The molecule has 0 heterocycles. The van der Waals surface area contributed by atoms with E-state index < -0.39 is 0 Å². The molecule has 0 bridgehead atoms. The monoisotopic (exact) mass is 202 g/mol. The Bertz CT molecular complexity index is 375. The third-order valence-electron chi connectivity index (χ3n) is 2.70. The molecule has 0 unspecified atom stereocenters. The standard InChI is InChI=1S/C13H18N2/c1-10-7-11(2)13(9-15)8-12(10)5-3-4-6-14/h7-8H,3-6,14H2,1-2H3. The van der Waals surface area contributed by atoms with Crippen LogP contribution in [0.15, 0.2) is 12.1 Å². The zero-order valence-corrected chi connectivity index (χ0v) is 9.51. The molecule has 1 aromatic rings. The Hall–Kier alpha value is -1.33. The maximum Gasteiger partial charge on any atom is 0.0994 e. The number of nitrogens with two attached hydrogens (primary N) is 1. The molecule has 2 heteroatoms. The second-order valence-corrected chi connectivity index (χ2v) is 3.95. The number of unbranched alkanes of at least 4 members (excludes halogenated alkanes) is 1. The van der Waals surface area contributed by atoms with E-state index in [1.165, 1.54) is 11.1 Å². The zero-order chi connectivity index (χ0) is 11.3. The molecule has 15 heavy (non-hydrogen) atoms. The van der Waals surface area contributed by atoms with Gasteiger partial charge in [-0.3, -0.25) is 0 Å². The summed E-state index contributed by atoms with van der Waals surface area (Å²) in [5.74, 6) is 0. The molecule has 2 N–H and O–H groups in total. The van der Waals surface area contributed by atoms with E-state index >= 15 is 0 Å². The fourth-order valence-corrected chi connectivity index (χ4v) is 1.75. The largest absolute Gasteiger partial charge is 0.330 e. The molecule has 0 fully saturated rings. The third-order valence-corrected chi connectivity index (χ3v) is 2.70. The lowest BCUT2D eigenvalue weighted by Crippen LogP contribution is -2.00. The van der Waals surface area contributed by atoms with Gasteiger partial charge < -0.3 is 5.73 Å². The maximum atomic E-state index is 8.94. The molecule has 0 aliphatic heterocycles. The van der Waals surface area contributed by atoms with Gasteiger partial charge in [0.2, 0.25) is 0 Å². The maximum absolute atomic E-state index is 8.94. The van der Waals surface area contributed by atoms with Crippen LogP contribution in [0.3, 0.4) is 0 Å². The first kappa shape index (κ1) is 11.7. The number of rotatable bonds is 4. The second-order valence-electron chi connectivity index (χ2n) is 3.95. The van der Waals surface area contributed by atoms with Gasteiger partial charge >= 0.3 is 0 Å². The first-order chi connectivity index (χ1) is 7.19. The second kappa shape index (κ2) is 5.53. The van der Waals surface area contributed by atoms with Crippen LogP contribution in [-0.4, -0.2) is 6.54 Å². The summed E-state index contributed by atoms with van der Waals surface area (Å²) >= 11 is 0. The van der Waals surface area contributed by atoms with E-state index in [1.54, 1.807) is 0 Å². The zero-order valence-electron chi connectivity index (χ0n) is 9.51. The summed E-state index contributed by atoms with van der Waals surface area (Å²) < 4.78 is 0. The number of aryl methyl sites for hydroxylation is 3. The Morgan fingerprint density at radius 2 is 1.93 bits per heavy atom. The summed E-state index contributed by atoms with van der Waals surface area (Å²) in [6.07, 6.45) is 3.18. The van der Waals surface area contributed by atoms with E-state index in [1.807, 2.05) is 13.0 Å². The lowest BCUT2D eigenvalue weighted by Gasteiger charge is -2.08. The van der Waals surface area contributed by atoms with Crippen molar-refractivity contribution < 1.29 is 0 Å². The van der Waals surface area contributed by atoms with Gasteiger partial charge in [-0.2, -0.15) is 5.26 Å². The molecule has 0 aromatic heterocycles. The van der Waals surface area contributed by atoms with Gasteiger partial charge in [-0.1, -0.05) is 6.07 Å². The molecular formula is C13H18N2. The number of benzene rings is 1. The first-order valence-electron chi connectivity index (χ1n) is 5.39. The van der Waals surface area contributed by atoms with Crippen molar-refractivity contribution in [3.8, 4) is 6.07 Å². The van der Waals surface area contributed by atoms with Crippen LogP contribution < -0.4 is 5.73 Å². The van der Waals surface area contributed by atoms with Crippen molar-refractivity contribution >= 4 is 0 Å². The molecule has 80 valence electrons. The lowest BCUT2D eigenvalue weighted by molar-refractivity contribution is 0.742. The summed E-state index contributed by atoms with van der Waals surface area (Å²) in [5.41, 5.74) is 9.88. The molecule has 1 rings (SSSR count). The van der Waals surface area contributed by atoms with E-state index in [2.05, 4.69) is 19.1 Å². The van der Waals surface area contributed by atoms with Gasteiger partial charge in [-0.05, 0) is 62.4 Å². The van der Waals surface area contributed by atoms with Crippen LogP contribution in [0.4, 0.5) is 0 Å². The molecule has 1 aromatic carbocycles. The van der Waals surface area contributed by atoms with Crippen LogP contribution in [-0.2, 0) is 6.42 Å².